The molecule has 0 aliphatic heterocycles. The first-order chi connectivity index (χ1) is 11.6. The minimum absolute atomic E-state index is 0.119. The zero-order chi connectivity index (χ0) is 17.4. The van der Waals surface area contributed by atoms with E-state index in [0.717, 1.165) is 25.9 Å². The Labute approximate surface area is 144 Å². The summed E-state index contributed by atoms with van der Waals surface area (Å²) in [6, 6.07) is 14.8. The number of phenolic OH excluding ortho intramolecular Hbond substituents is 1. The zero-order valence-corrected chi connectivity index (χ0v) is 14.5. The summed E-state index contributed by atoms with van der Waals surface area (Å²) in [7, 11) is 0. The maximum absolute atomic E-state index is 12.0. The fraction of sp³-hybridized carbons (Fsp3) is 0.350. The van der Waals surface area contributed by atoms with Gasteiger partial charge in [-0.25, -0.2) is 0 Å². The Balaban J connectivity index is 1.84. The van der Waals surface area contributed by atoms with Gasteiger partial charge in [-0.1, -0.05) is 19.1 Å². The van der Waals surface area contributed by atoms with Crippen LogP contribution in [0.25, 0.3) is 0 Å². The minimum Gasteiger partial charge on any atom is -0.508 e. The topological polar surface area (TPSA) is 52.6 Å². The van der Waals surface area contributed by atoms with Crippen LogP contribution in [0.4, 0.5) is 5.69 Å². The normalized spacial score (nSPS) is 10.4. The van der Waals surface area contributed by atoms with Gasteiger partial charge in [0.05, 0.1) is 0 Å². The van der Waals surface area contributed by atoms with Crippen molar-refractivity contribution in [2.45, 2.75) is 26.7 Å². The van der Waals surface area contributed by atoms with Gasteiger partial charge in [0.1, 0.15) is 5.75 Å². The fourth-order valence-electron chi connectivity index (χ4n) is 2.65. The maximum Gasteiger partial charge on any atom is 0.251 e. The molecule has 128 valence electrons. The van der Waals surface area contributed by atoms with Crippen molar-refractivity contribution >= 4 is 11.6 Å². The van der Waals surface area contributed by atoms with E-state index in [1.807, 2.05) is 0 Å². The molecule has 0 radical (unpaired) electrons. The Morgan fingerprint density at radius 2 is 1.71 bits per heavy atom. The SMILES string of the molecule is CCCN(CC)c1ccc(CCNC(=O)c2ccc(O)cc2)cc1. The van der Waals surface area contributed by atoms with Crippen molar-refractivity contribution in [3.8, 4) is 5.75 Å². The van der Waals surface area contributed by atoms with E-state index < -0.39 is 0 Å². The minimum atomic E-state index is -0.119. The molecular formula is C20H26N2O2. The second-order valence-electron chi connectivity index (χ2n) is 5.80. The number of nitrogens with one attached hydrogen (secondary N) is 1. The van der Waals surface area contributed by atoms with E-state index >= 15 is 0 Å². The van der Waals surface area contributed by atoms with Crippen LogP contribution in [-0.4, -0.2) is 30.6 Å². The van der Waals surface area contributed by atoms with Crippen LogP contribution >= 0.6 is 0 Å². The van der Waals surface area contributed by atoms with Crippen molar-refractivity contribution in [3.05, 3.63) is 59.7 Å². The van der Waals surface area contributed by atoms with E-state index in [0.29, 0.717) is 12.1 Å². The van der Waals surface area contributed by atoms with Crippen molar-refractivity contribution in [2.75, 3.05) is 24.5 Å². The van der Waals surface area contributed by atoms with Gasteiger partial charge in [-0.15, -0.1) is 0 Å². The Hall–Kier alpha value is -2.49. The summed E-state index contributed by atoms with van der Waals surface area (Å²) in [6.07, 6.45) is 1.93. The van der Waals surface area contributed by atoms with E-state index in [2.05, 4.69) is 48.3 Å². The van der Waals surface area contributed by atoms with Crippen molar-refractivity contribution < 1.29 is 9.90 Å². The van der Waals surface area contributed by atoms with Gasteiger partial charge >= 0.3 is 0 Å². The maximum atomic E-state index is 12.0. The van der Waals surface area contributed by atoms with Gasteiger partial charge in [0.2, 0.25) is 0 Å². The molecule has 0 aliphatic carbocycles. The first-order valence-electron chi connectivity index (χ1n) is 8.55. The molecule has 4 nitrogen and oxygen atoms in total. The highest BCUT2D eigenvalue weighted by molar-refractivity contribution is 5.94. The highest BCUT2D eigenvalue weighted by Gasteiger charge is 2.05. The predicted octanol–water partition coefficient (Wildman–Crippen LogP) is 3.60. The lowest BCUT2D eigenvalue weighted by Gasteiger charge is -2.22. The number of hydrogen-bond acceptors (Lipinski definition) is 3. The van der Waals surface area contributed by atoms with Crippen LogP contribution in [0.3, 0.4) is 0 Å². The van der Waals surface area contributed by atoms with E-state index in [1.54, 1.807) is 12.1 Å². The van der Waals surface area contributed by atoms with E-state index in [1.165, 1.54) is 23.4 Å². The lowest BCUT2D eigenvalue weighted by atomic mass is 10.1. The van der Waals surface area contributed by atoms with Gasteiger partial charge in [0, 0.05) is 30.9 Å². The van der Waals surface area contributed by atoms with E-state index in [4.69, 9.17) is 0 Å². The molecule has 0 spiro atoms. The summed E-state index contributed by atoms with van der Waals surface area (Å²) in [5.74, 6) is 0.0440. The molecule has 2 N–H and O–H groups in total. The molecule has 4 heteroatoms. The zero-order valence-electron chi connectivity index (χ0n) is 14.5. The van der Waals surface area contributed by atoms with Gasteiger partial charge in [-0.3, -0.25) is 4.79 Å². The van der Waals surface area contributed by atoms with Crippen LogP contribution in [0.2, 0.25) is 0 Å². The smallest absolute Gasteiger partial charge is 0.251 e. The molecule has 1 amide bonds. The first kappa shape index (κ1) is 17.9. The number of carbonyl (C=O) groups excluding carboxylic acids is 1. The van der Waals surface area contributed by atoms with Gasteiger partial charge < -0.3 is 15.3 Å². The highest BCUT2D eigenvalue weighted by Crippen LogP contribution is 2.16. The van der Waals surface area contributed by atoms with Gasteiger partial charge in [-0.2, -0.15) is 0 Å². The monoisotopic (exact) mass is 326 g/mol. The molecule has 0 saturated heterocycles. The summed E-state index contributed by atoms with van der Waals surface area (Å²) in [6.45, 7) is 7.02. The van der Waals surface area contributed by atoms with Crippen LogP contribution in [-0.2, 0) is 6.42 Å². The number of phenols is 1. The molecule has 0 atom stereocenters. The number of rotatable bonds is 8. The number of nitrogens with zero attached hydrogens (tertiary/aromatic N) is 1. The lowest BCUT2D eigenvalue weighted by molar-refractivity contribution is 0.0954. The third kappa shape index (κ3) is 5.01. The van der Waals surface area contributed by atoms with Crippen LogP contribution in [0.15, 0.2) is 48.5 Å². The van der Waals surface area contributed by atoms with Crippen molar-refractivity contribution in [1.29, 1.82) is 0 Å². The molecule has 2 aromatic carbocycles. The quantitative estimate of drug-likeness (QED) is 0.779. The molecule has 0 heterocycles. The predicted molar refractivity (Wildman–Crippen MR) is 98.8 cm³/mol. The Kier molecular flexibility index (Phi) is 6.67. The molecule has 2 rings (SSSR count). The van der Waals surface area contributed by atoms with Crippen LogP contribution in [0.1, 0.15) is 36.2 Å². The van der Waals surface area contributed by atoms with Crippen molar-refractivity contribution in [3.63, 3.8) is 0 Å². The van der Waals surface area contributed by atoms with Gasteiger partial charge in [0.15, 0.2) is 0 Å². The summed E-state index contributed by atoms with van der Waals surface area (Å²) in [5, 5.41) is 12.1. The average Bonchev–Trinajstić information content (AvgIpc) is 2.61. The molecule has 0 aromatic heterocycles. The summed E-state index contributed by atoms with van der Waals surface area (Å²) in [5.41, 5.74) is 3.01. The van der Waals surface area contributed by atoms with E-state index in [9.17, 15) is 9.90 Å². The number of carbonyl (C=O) groups is 1. The third-order valence-corrected chi connectivity index (χ3v) is 4.01. The second-order valence-corrected chi connectivity index (χ2v) is 5.80. The fourth-order valence-corrected chi connectivity index (χ4v) is 2.65. The van der Waals surface area contributed by atoms with E-state index in [-0.39, 0.29) is 11.7 Å². The third-order valence-electron chi connectivity index (χ3n) is 4.01. The average molecular weight is 326 g/mol. The van der Waals surface area contributed by atoms with Gasteiger partial charge in [-0.05, 0) is 61.7 Å². The Morgan fingerprint density at radius 1 is 1.04 bits per heavy atom. The molecular weight excluding hydrogens is 300 g/mol. The first-order valence-corrected chi connectivity index (χ1v) is 8.55. The van der Waals surface area contributed by atoms with Crippen LogP contribution in [0.5, 0.6) is 5.75 Å². The number of anilines is 1. The second kappa shape index (κ2) is 8.96. The number of amides is 1. The van der Waals surface area contributed by atoms with Crippen molar-refractivity contribution in [2.24, 2.45) is 0 Å². The molecule has 0 aliphatic rings. The highest BCUT2D eigenvalue weighted by atomic mass is 16.3. The Morgan fingerprint density at radius 3 is 2.29 bits per heavy atom. The molecule has 0 bridgehead atoms. The number of hydrogen-bond donors (Lipinski definition) is 2. The molecule has 0 fully saturated rings. The molecule has 0 saturated carbocycles. The molecule has 2 aromatic rings. The largest absolute Gasteiger partial charge is 0.508 e. The molecule has 0 unspecified atom stereocenters. The van der Waals surface area contributed by atoms with Crippen LogP contribution in [0, 0.1) is 0 Å². The standard InChI is InChI=1S/C20H26N2O2/c1-3-15-22(4-2)18-9-5-16(6-10-18)13-14-21-20(24)17-7-11-19(23)12-8-17/h5-12,23H,3-4,13-15H2,1-2H3,(H,21,24). The lowest BCUT2D eigenvalue weighted by Crippen LogP contribution is -2.25. The number of benzene rings is 2. The van der Waals surface area contributed by atoms with Crippen LogP contribution < -0.4 is 10.2 Å². The summed E-state index contributed by atoms with van der Waals surface area (Å²) >= 11 is 0. The number of aromatic hydroxyl groups is 1. The molecule has 24 heavy (non-hydrogen) atoms. The summed E-state index contributed by atoms with van der Waals surface area (Å²) < 4.78 is 0. The summed E-state index contributed by atoms with van der Waals surface area (Å²) in [4.78, 5) is 14.4. The van der Waals surface area contributed by atoms with Crippen molar-refractivity contribution in [1.82, 2.24) is 5.32 Å². The Bertz CT molecular complexity index is 636. The van der Waals surface area contributed by atoms with Gasteiger partial charge in [0.25, 0.3) is 5.91 Å².